The second-order valence-corrected chi connectivity index (χ2v) is 6.74. The van der Waals surface area contributed by atoms with Crippen molar-refractivity contribution in [3.8, 4) is 0 Å². The van der Waals surface area contributed by atoms with Gasteiger partial charge in [0, 0.05) is 12.5 Å². The Balaban J connectivity index is 2.27. The van der Waals surface area contributed by atoms with E-state index in [1.54, 1.807) is 12.1 Å². The maximum Gasteiger partial charge on any atom is 0.337 e. The Labute approximate surface area is 154 Å². The van der Waals surface area contributed by atoms with Gasteiger partial charge in [0.1, 0.15) is 0 Å². The minimum atomic E-state index is -0.680. The van der Waals surface area contributed by atoms with Crippen molar-refractivity contribution in [3.63, 3.8) is 0 Å². The summed E-state index contributed by atoms with van der Waals surface area (Å²) in [5, 5.41) is 19.7. The summed E-state index contributed by atoms with van der Waals surface area (Å²) in [6.07, 6.45) is 3.41. The van der Waals surface area contributed by atoms with Gasteiger partial charge in [-0.15, -0.1) is 0 Å². The molecule has 0 radical (unpaired) electrons. The number of unbranched alkanes of at least 4 members (excludes halogenated alkanes) is 2. The lowest BCUT2D eigenvalue weighted by atomic mass is 9.71. The molecule has 1 aliphatic carbocycles. The highest BCUT2D eigenvalue weighted by Gasteiger charge is 2.39. The third-order valence-electron chi connectivity index (χ3n) is 5.16. The number of fused-ring (bicyclic) bond motifs is 1. The van der Waals surface area contributed by atoms with Crippen molar-refractivity contribution in [2.24, 2.45) is 5.92 Å². The van der Waals surface area contributed by atoms with Crippen LogP contribution in [0.3, 0.4) is 0 Å². The van der Waals surface area contributed by atoms with Crippen LogP contribution < -0.4 is 0 Å². The van der Waals surface area contributed by atoms with Crippen LogP contribution >= 0.6 is 0 Å². The zero-order valence-corrected chi connectivity index (χ0v) is 15.4. The fourth-order valence-electron chi connectivity index (χ4n) is 3.81. The molecule has 6 nitrogen and oxygen atoms in total. The van der Waals surface area contributed by atoms with Crippen LogP contribution in [0.5, 0.6) is 0 Å². The van der Waals surface area contributed by atoms with E-state index >= 15 is 0 Å². The minimum Gasteiger partial charge on any atom is -0.469 e. The van der Waals surface area contributed by atoms with Crippen LogP contribution in [0, 0.1) is 5.92 Å². The Morgan fingerprint density at radius 2 is 1.96 bits per heavy atom. The van der Waals surface area contributed by atoms with Crippen molar-refractivity contribution in [1.82, 2.24) is 0 Å². The summed E-state index contributed by atoms with van der Waals surface area (Å²) in [6.45, 7) is 0.142. The molecule has 0 bridgehead atoms. The molecule has 0 saturated carbocycles. The molecule has 0 amide bonds. The van der Waals surface area contributed by atoms with Crippen LogP contribution in [0.1, 0.15) is 59.5 Å². The maximum atomic E-state index is 12.2. The lowest BCUT2D eigenvalue weighted by Crippen LogP contribution is -2.35. The Bertz CT molecular complexity index is 627. The molecular formula is C20H28O6. The number of ether oxygens (including phenoxy) is 2. The lowest BCUT2D eigenvalue weighted by Gasteiger charge is -2.35. The molecule has 144 valence electrons. The number of hydrogen-bond acceptors (Lipinski definition) is 6. The number of aryl methyl sites for hydroxylation is 1. The second kappa shape index (κ2) is 9.69. The smallest absolute Gasteiger partial charge is 0.337 e. The summed E-state index contributed by atoms with van der Waals surface area (Å²) in [7, 11) is 2.71. The molecular weight excluding hydrogens is 336 g/mol. The van der Waals surface area contributed by atoms with Crippen molar-refractivity contribution in [2.75, 3.05) is 20.8 Å². The van der Waals surface area contributed by atoms with Crippen LogP contribution in [-0.2, 0) is 20.7 Å². The zero-order chi connectivity index (χ0) is 19.1. The third kappa shape index (κ3) is 4.62. The monoisotopic (exact) mass is 364 g/mol. The van der Waals surface area contributed by atoms with Gasteiger partial charge in [-0.1, -0.05) is 18.9 Å². The van der Waals surface area contributed by atoms with Gasteiger partial charge in [-0.3, -0.25) is 4.79 Å². The molecule has 0 spiro atoms. The molecule has 0 fully saturated rings. The van der Waals surface area contributed by atoms with Crippen molar-refractivity contribution < 1.29 is 29.3 Å². The van der Waals surface area contributed by atoms with E-state index in [1.807, 2.05) is 6.07 Å². The summed E-state index contributed by atoms with van der Waals surface area (Å²) in [6, 6.07) is 5.29. The normalized spacial score (nSPS) is 20.2. The molecule has 2 rings (SSSR count). The third-order valence-corrected chi connectivity index (χ3v) is 5.16. The van der Waals surface area contributed by atoms with E-state index in [1.165, 1.54) is 14.2 Å². The number of aliphatic hydroxyl groups is 2. The van der Waals surface area contributed by atoms with E-state index in [4.69, 9.17) is 14.6 Å². The summed E-state index contributed by atoms with van der Waals surface area (Å²) in [5.41, 5.74) is 2.33. The summed E-state index contributed by atoms with van der Waals surface area (Å²) in [5.74, 6) is -1.47. The van der Waals surface area contributed by atoms with E-state index in [0.717, 1.165) is 24.0 Å². The maximum absolute atomic E-state index is 12.2. The number of hydrogen-bond donors (Lipinski definition) is 2. The number of methoxy groups -OCH3 is 2. The van der Waals surface area contributed by atoms with Crippen molar-refractivity contribution in [3.05, 3.63) is 34.9 Å². The number of carbonyl (C=O) groups excluding carboxylic acids is 2. The molecule has 0 aromatic heterocycles. The van der Waals surface area contributed by atoms with Gasteiger partial charge in [-0.25, -0.2) is 4.79 Å². The summed E-state index contributed by atoms with van der Waals surface area (Å²) < 4.78 is 9.72. The first-order valence-electron chi connectivity index (χ1n) is 9.11. The summed E-state index contributed by atoms with van der Waals surface area (Å²) >= 11 is 0. The largest absolute Gasteiger partial charge is 0.469 e. The number of aliphatic hydroxyl groups excluding tert-OH is 2. The van der Waals surface area contributed by atoms with Gasteiger partial charge in [0.2, 0.25) is 0 Å². The first kappa shape index (κ1) is 20.4. The van der Waals surface area contributed by atoms with Gasteiger partial charge in [0.25, 0.3) is 0 Å². The molecule has 0 aliphatic heterocycles. The van der Waals surface area contributed by atoms with E-state index < -0.39 is 18.0 Å². The Hall–Kier alpha value is -1.92. The highest BCUT2D eigenvalue weighted by atomic mass is 16.5. The average Bonchev–Trinajstić information content (AvgIpc) is 2.68. The lowest BCUT2D eigenvalue weighted by molar-refractivity contribution is -0.148. The number of esters is 2. The molecule has 1 aromatic rings. The predicted molar refractivity (Wildman–Crippen MR) is 95.9 cm³/mol. The van der Waals surface area contributed by atoms with Gasteiger partial charge in [-0.05, 0) is 48.9 Å². The van der Waals surface area contributed by atoms with Crippen molar-refractivity contribution in [2.45, 2.75) is 50.5 Å². The van der Waals surface area contributed by atoms with Gasteiger partial charge in [0.15, 0.2) is 0 Å². The average molecular weight is 364 g/mol. The van der Waals surface area contributed by atoms with E-state index in [2.05, 4.69) is 0 Å². The molecule has 2 N–H and O–H groups in total. The van der Waals surface area contributed by atoms with E-state index in [-0.39, 0.29) is 18.5 Å². The second-order valence-electron chi connectivity index (χ2n) is 6.74. The van der Waals surface area contributed by atoms with Gasteiger partial charge >= 0.3 is 11.9 Å². The van der Waals surface area contributed by atoms with Gasteiger partial charge in [-0.2, -0.15) is 0 Å². The topological polar surface area (TPSA) is 93.1 Å². The first-order chi connectivity index (χ1) is 12.5. The van der Waals surface area contributed by atoms with Crippen LogP contribution in [0.4, 0.5) is 0 Å². The number of carbonyl (C=O) groups is 2. The number of rotatable bonds is 8. The Kier molecular flexibility index (Phi) is 7.60. The quantitative estimate of drug-likeness (QED) is 0.543. The van der Waals surface area contributed by atoms with E-state index in [9.17, 15) is 14.7 Å². The first-order valence-corrected chi connectivity index (χ1v) is 9.11. The molecule has 0 heterocycles. The van der Waals surface area contributed by atoms with Gasteiger partial charge in [0.05, 0.1) is 31.8 Å². The molecule has 1 aromatic carbocycles. The van der Waals surface area contributed by atoms with Crippen LogP contribution in [0.2, 0.25) is 0 Å². The van der Waals surface area contributed by atoms with Crippen molar-refractivity contribution >= 4 is 11.9 Å². The fraction of sp³-hybridized carbons (Fsp3) is 0.600. The molecule has 3 atom stereocenters. The molecule has 1 aliphatic rings. The summed E-state index contributed by atoms with van der Waals surface area (Å²) in [4.78, 5) is 24.0. The highest BCUT2D eigenvalue weighted by Crippen LogP contribution is 2.41. The highest BCUT2D eigenvalue weighted by molar-refractivity contribution is 5.89. The van der Waals surface area contributed by atoms with Crippen LogP contribution in [-0.4, -0.2) is 49.1 Å². The SMILES string of the molecule is COC(=O)c1ccc2c(c1)CCC(C(=O)OC)C2C(O)CCCCCO. The molecule has 3 unspecified atom stereocenters. The standard InChI is InChI=1S/C20H28O6/c1-25-19(23)14-8-9-15-13(12-14)7-10-16(20(24)26-2)18(15)17(22)6-4-3-5-11-21/h8-9,12,16-18,21-22H,3-7,10-11H2,1-2H3. The van der Waals surface area contributed by atoms with E-state index in [0.29, 0.717) is 31.2 Å². The minimum absolute atomic E-state index is 0.142. The fourth-order valence-corrected chi connectivity index (χ4v) is 3.81. The zero-order valence-electron chi connectivity index (χ0n) is 15.4. The van der Waals surface area contributed by atoms with Crippen LogP contribution in [0.25, 0.3) is 0 Å². The molecule has 26 heavy (non-hydrogen) atoms. The van der Waals surface area contributed by atoms with Crippen LogP contribution in [0.15, 0.2) is 18.2 Å². The number of benzene rings is 1. The predicted octanol–water partition coefficient (Wildman–Crippen LogP) is 2.21. The molecule has 6 heteroatoms. The van der Waals surface area contributed by atoms with Gasteiger partial charge < -0.3 is 19.7 Å². The van der Waals surface area contributed by atoms with Crippen molar-refractivity contribution in [1.29, 1.82) is 0 Å². The Morgan fingerprint density at radius 1 is 1.19 bits per heavy atom. The molecule has 0 saturated heterocycles. The Morgan fingerprint density at radius 3 is 2.62 bits per heavy atom.